The van der Waals surface area contributed by atoms with Crippen LogP contribution in [0.25, 0.3) is 0 Å². The zero-order valence-corrected chi connectivity index (χ0v) is 9.43. The molecule has 0 radical (unpaired) electrons. The number of hydrogen-bond donors (Lipinski definition) is 0. The van der Waals surface area contributed by atoms with Crippen molar-refractivity contribution in [2.24, 2.45) is 0 Å². The molecule has 0 aromatic carbocycles. The molecule has 0 rings (SSSR count). The van der Waals surface area contributed by atoms with E-state index in [1.54, 1.807) is 0 Å². The molecule has 0 amide bonds. The normalized spacial score (nSPS) is 11.4. The lowest BCUT2D eigenvalue weighted by atomic mass is 10.0. The second kappa shape index (κ2) is 4.43. The van der Waals surface area contributed by atoms with Crippen LogP contribution in [0.15, 0.2) is 0 Å². The van der Waals surface area contributed by atoms with Crippen molar-refractivity contribution < 1.29 is 4.79 Å². The lowest BCUT2D eigenvalue weighted by Crippen LogP contribution is -2.44. The first kappa shape index (κ1) is 12.2. The molecular weight excluding hydrogens is 162 g/mol. The summed E-state index contributed by atoms with van der Waals surface area (Å²) in [7, 11) is 2.01. The van der Waals surface area contributed by atoms with Gasteiger partial charge < -0.3 is 0 Å². The van der Waals surface area contributed by atoms with Crippen LogP contribution in [-0.4, -0.2) is 29.3 Å². The van der Waals surface area contributed by atoms with Crippen LogP contribution in [0.3, 0.4) is 0 Å². The average Bonchev–Trinajstić information content (AvgIpc) is 1.99. The highest BCUT2D eigenvalue weighted by Gasteiger charge is 2.22. The predicted octanol–water partition coefficient (Wildman–Crippen LogP) is 1.70. The van der Waals surface area contributed by atoms with E-state index in [0.29, 0.717) is 6.04 Å². The molecule has 0 aliphatic carbocycles. The molecule has 0 bridgehead atoms. The number of carbonyl (C=O) groups is 1. The molecule has 74 valence electrons. The SMILES string of the molecule is CC(=O)C#CC(C)(C)N(C)C(C)C. The summed E-state index contributed by atoms with van der Waals surface area (Å²) in [6, 6.07) is 0.427. The maximum absolute atomic E-state index is 10.7. The Bertz CT molecular complexity index is 243. The summed E-state index contributed by atoms with van der Waals surface area (Å²) < 4.78 is 0. The van der Waals surface area contributed by atoms with Gasteiger partial charge in [0.2, 0.25) is 5.78 Å². The van der Waals surface area contributed by atoms with Crippen LogP contribution in [0.5, 0.6) is 0 Å². The molecule has 2 nitrogen and oxygen atoms in total. The second-order valence-electron chi connectivity index (χ2n) is 4.07. The van der Waals surface area contributed by atoms with E-state index in [-0.39, 0.29) is 11.3 Å². The molecule has 0 fully saturated rings. The lowest BCUT2D eigenvalue weighted by Gasteiger charge is -2.34. The van der Waals surface area contributed by atoms with E-state index in [9.17, 15) is 4.79 Å². The summed E-state index contributed by atoms with van der Waals surface area (Å²) in [5.41, 5.74) is -0.236. The molecule has 0 unspecified atom stereocenters. The maximum Gasteiger partial charge on any atom is 0.202 e. The van der Waals surface area contributed by atoms with Gasteiger partial charge in [-0.1, -0.05) is 5.92 Å². The van der Waals surface area contributed by atoms with Gasteiger partial charge in [-0.25, -0.2) is 0 Å². The molecule has 0 N–H and O–H groups in total. The summed E-state index contributed by atoms with van der Waals surface area (Å²) in [6.45, 7) is 9.73. The van der Waals surface area contributed by atoms with E-state index in [1.165, 1.54) is 6.92 Å². The Morgan fingerprint density at radius 2 is 1.85 bits per heavy atom. The van der Waals surface area contributed by atoms with Crippen molar-refractivity contribution in [1.82, 2.24) is 4.90 Å². The van der Waals surface area contributed by atoms with E-state index < -0.39 is 0 Å². The standard InChI is InChI=1S/C11H19NO/c1-9(2)12(6)11(4,5)8-7-10(3)13/h9H,1-6H3. The van der Waals surface area contributed by atoms with Crippen molar-refractivity contribution in [2.75, 3.05) is 7.05 Å². The summed E-state index contributed by atoms with van der Waals surface area (Å²) >= 11 is 0. The number of Topliss-reactive ketones (excluding diaryl/α,β-unsaturated/α-hetero) is 1. The third kappa shape index (κ3) is 4.10. The minimum absolute atomic E-state index is 0.0785. The fourth-order valence-corrected chi connectivity index (χ4v) is 0.975. The van der Waals surface area contributed by atoms with Crippen molar-refractivity contribution in [3.63, 3.8) is 0 Å². The molecule has 0 aliphatic rings. The molecule has 0 aromatic rings. The van der Waals surface area contributed by atoms with E-state index in [0.717, 1.165) is 0 Å². The number of ketones is 1. The maximum atomic E-state index is 10.7. The fourth-order valence-electron chi connectivity index (χ4n) is 0.975. The summed E-state index contributed by atoms with van der Waals surface area (Å²) in [4.78, 5) is 12.8. The van der Waals surface area contributed by atoms with Crippen LogP contribution in [-0.2, 0) is 4.79 Å². The lowest BCUT2D eigenvalue weighted by molar-refractivity contribution is -0.111. The van der Waals surface area contributed by atoms with E-state index in [2.05, 4.69) is 30.6 Å². The van der Waals surface area contributed by atoms with E-state index in [4.69, 9.17) is 0 Å². The Morgan fingerprint density at radius 1 is 1.38 bits per heavy atom. The Morgan fingerprint density at radius 3 is 2.15 bits per heavy atom. The molecule has 13 heavy (non-hydrogen) atoms. The topological polar surface area (TPSA) is 20.3 Å². The second-order valence-corrected chi connectivity index (χ2v) is 4.07. The Balaban J connectivity index is 4.59. The summed E-state index contributed by atoms with van der Waals surface area (Å²) in [5.74, 6) is 5.48. The minimum Gasteiger partial charge on any atom is -0.288 e. The monoisotopic (exact) mass is 181 g/mol. The number of carbonyl (C=O) groups excluding carboxylic acids is 1. The molecule has 2 heteroatoms. The minimum atomic E-state index is -0.236. The first-order valence-corrected chi connectivity index (χ1v) is 4.54. The molecule has 0 aromatic heterocycles. The third-order valence-corrected chi connectivity index (χ3v) is 2.20. The van der Waals surface area contributed by atoms with Crippen molar-refractivity contribution >= 4 is 5.78 Å². The van der Waals surface area contributed by atoms with Gasteiger partial charge in [0.1, 0.15) is 0 Å². The largest absolute Gasteiger partial charge is 0.288 e. The van der Waals surface area contributed by atoms with Gasteiger partial charge in [0, 0.05) is 13.0 Å². The Labute approximate surface area is 81.3 Å². The van der Waals surface area contributed by atoms with Gasteiger partial charge in [0.15, 0.2) is 0 Å². The summed E-state index contributed by atoms with van der Waals surface area (Å²) in [5, 5.41) is 0. The van der Waals surface area contributed by atoms with Crippen molar-refractivity contribution in [3.8, 4) is 11.8 Å². The fraction of sp³-hybridized carbons (Fsp3) is 0.727. The van der Waals surface area contributed by atoms with Crippen LogP contribution in [0.4, 0.5) is 0 Å². The van der Waals surface area contributed by atoms with Crippen molar-refractivity contribution in [2.45, 2.75) is 46.2 Å². The van der Waals surface area contributed by atoms with Crippen LogP contribution in [0, 0.1) is 11.8 Å². The summed E-state index contributed by atoms with van der Waals surface area (Å²) in [6.07, 6.45) is 0. The first-order chi connectivity index (χ1) is 5.77. The molecular formula is C11H19NO. The number of rotatable bonds is 2. The smallest absolute Gasteiger partial charge is 0.202 e. The van der Waals surface area contributed by atoms with Crippen LogP contribution >= 0.6 is 0 Å². The number of nitrogens with zero attached hydrogens (tertiary/aromatic N) is 1. The van der Waals surface area contributed by atoms with E-state index >= 15 is 0 Å². The van der Waals surface area contributed by atoms with Gasteiger partial charge in [-0.3, -0.25) is 9.69 Å². The van der Waals surface area contributed by atoms with Crippen molar-refractivity contribution in [1.29, 1.82) is 0 Å². The highest BCUT2D eigenvalue weighted by molar-refractivity contribution is 5.93. The molecule has 0 atom stereocenters. The van der Waals surface area contributed by atoms with Crippen molar-refractivity contribution in [3.05, 3.63) is 0 Å². The molecule has 0 saturated carbocycles. The molecule has 0 saturated heterocycles. The zero-order chi connectivity index (χ0) is 10.6. The van der Waals surface area contributed by atoms with Gasteiger partial charge in [-0.15, -0.1) is 0 Å². The first-order valence-electron chi connectivity index (χ1n) is 4.54. The van der Waals surface area contributed by atoms with Gasteiger partial charge in [-0.2, -0.15) is 0 Å². The predicted molar refractivity (Wildman–Crippen MR) is 55.4 cm³/mol. The van der Waals surface area contributed by atoms with Gasteiger partial charge >= 0.3 is 0 Å². The Kier molecular flexibility index (Phi) is 4.16. The highest BCUT2D eigenvalue weighted by Crippen LogP contribution is 2.13. The van der Waals surface area contributed by atoms with Crippen LogP contribution < -0.4 is 0 Å². The molecule has 0 aliphatic heterocycles. The zero-order valence-electron chi connectivity index (χ0n) is 9.43. The van der Waals surface area contributed by atoms with Crippen LogP contribution in [0.1, 0.15) is 34.6 Å². The van der Waals surface area contributed by atoms with E-state index in [1.807, 2.05) is 20.9 Å². The average molecular weight is 181 g/mol. The third-order valence-electron chi connectivity index (χ3n) is 2.20. The van der Waals surface area contributed by atoms with Gasteiger partial charge in [0.05, 0.1) is 5.54 Å². The molecule has 0 spiro atoms. The van der Waals surface area contributed by atoms with Gasteiger partial charge in [0.25, 0.3) is 0 Å². The quantitative estimate of drug-likeness (QED) is 0.477. The van der Waals surface area contributed by atoms with Gasteiger partial charge in [-0.05, 0) is 40.7 Å². The Hall–Kier alpha value is -0.810. The van der Waals surface area contributed by atoms with Crippen LogP contribution in [0.2, 0.25) is 0 Å². The highest BCUT2D eigenvalue weighted by atomic mass is 16.1. The molecule has 0 heterocycles. The number of hydrogen-bond acceptors (Lipinski definition) is 2.